The van der Waals surface area contributed by atoms with E-state index in [1.165, 1.54) is 11.5 Å². The minimum atomic E-state index is -0.131. The lowest BCUT2D eigenvalue weighted by Crippen LogP contribution is -2.27. The molecule has 1 aliphatic rings. The zero-order valence-corrected chi connectivity index (χ0v) is 11.9. The summed E-state index contributed by atoms with van der Waals surface area (Å²) in [6.07, 6.45) is 0. The number of benzene rings is 1. The van der Waals surface area contributed by atoms with Gasteiger partial charge in [-0.25, -0.2) is 0 Å². The number of hydrogen-bond donors (Lipinski definition) is 0. The van der Waals surface area contributed by atoms with Crippen molar-refractivity contribution in [3.63, 3.8) is 0 Å². The molecule has 0 saturated heterocycles. The van der Waals surface area contributed by atoms with Crippen LogP contribution in [0.5, 0.6) is 11.5 Å². The molecule has 2 heterocycles. The molecule has 0 fully saturated rings. The van der Waals surface area contributed by atoms with Gasteiger partial charge in [-0.15, -0.1) is 5.10 Å². The van der Waals surface area contributed by atoms with Crippen molar-refractivity contribution in [3.05, 3.63) is 34.3 Å². The van der Waals surface area contributed by atoms with Crippen LogP contribution in [0.4, 0.5) is 0 Å². The Morgan fingerprint density at radius 3 is 2.95 bits per heavy atom. The summed E-state index contributed by atoms with van der Waals surface area (Å²) in [7, 11) is 1.74. The number of nitrogens with zero attached hydrogens (tertiary/aromatic N) is 3. The fourth-order valence-electron chi connectivity index (χ4n) is 2.00. The van der Waals surface area contributed by atoms with Gasteiger partial charge in [-0.3, -0.25) is 4.79 Å². The third-order valence-electron chi connectivity index (χ3n) is 3.06. The van der Waals surface area contributed by atoms with E-state index < -0.39 is 0 Å². The zero-order valence-electron chi connectivity index (χ0n) is 11.1. The van der Waals surface area contributed by atoms with Gasteiger partial charge in [0.05, 0.1) is 4.88 Å². The van der Waals surface area contributed by atoms with Crippen LogP contribution >= 0.6 is 11.5 Å². The smallest absolute Gasteiger partial charge is 0.275 e. The van der Waals surface area contributed by atoms with Gasteiger partial charge in [0.25, 0.3) is 5.91 Å². The number of fused-ring (bicyclic) bond motifs is 1. The maximum atomic E-state index is 12.2. The average molecular weight is 291 g/mol. The van der Waals surface area contributed by atoms with Gasteiger partial charge in [0, 0.05) is 13.6 Å². The number of ether oxygens (including phenoxy) is 2. The van der Waals surface area contributed by atoms with Gasteiger partial charge in [-0.1, -0.05) is 10.6 Å². The molecule has 0 saturated carbocycles. The van der Waals surface area contributed by atoms with Gasteiger partial charge in [-0.05, 0) is 36.2 Å². The Hall–Kier alpha value is -2.15. The quantitative estimate of drug-likeness (QED) is 0.863. The molecule has 0 aliphatic carbocycles. The van der Waals surface area contributed by atoms with E-state index in [1.807, 2.05) is 25.1 Å². The highest BCUT2D eigenvalue weighted by Crippen LogP contribution is 2.32. The fraction of sp³-hybridized carbons (Fsp3) is 0.308. The summed E-state index contributed by atoms with van der Waals surface area (Å²) in [5.74, 6) is 1.33. The Balaban J connectivity index is 1.74. The van der Waals surface area contributed by atoms with Crippen molar-refractivity contribution in [1.82, 2.24) is 14.5 Å². The van der Waals surface area contributed by atoms with Crippen molar-refractivity contribution < 1.29 is 14.3 Å². The molecule has 0 bridgehead atoms. The molecule has 0 N–H and O–H groups in total. The lowest BCUT2D eigenvalue weighted by molar-refractivity contribution is 0.0778. The molecular formula is C13H13N3O3S. The van der Waals surface area contributed by atoms with Crippen LogP contribution in [-0.4, -0.2) is 34.2 Å². The third kappa shape index (κ3) is 2.32. The summed E-state index contributed by atoms with van der Waals surface area (Å²) in [5, 5.41) is 3.87. The average Bonchev–Trinajstić information content (AvgIpc) is 3.05. The Morgan fingerprint density at radius 2 is 2.20 bits per heavy atom. The first kappa shape index (κ1) is 12.9. The highest BCUT2D eigenvalue weighted by molar-refractivity contribution is 7.05. The highest BCUT2D eigenvalue weighted by Gasteiger charge is 2.19. The molecule has 6 nitrogen and oxygen atoms in total. The molecular weight excluding hydrogens is 278 g/mol. The van der Waals surface area contributed by atoms with Crippen LogP contribution in [0.25, 0.3) is 0 Å². The topological polar surface area (TPSA) is 64.6 Å². The van der Waals surface area contributed by atoms with Crippen molar-refractivity contribution in [2.24, 2.45) is 0 Å². The predicted octanol–water partition coefficient (Wildman–Crippen LogP) is 1.85. The van der Waals surface area contributed by atoms with E-state index in [4.69, 9.17) is 9.47 Å². The van der Waals surface area contributed by atoms with Crippen LogP contribution < -0.4 is 9.47 Å². The van der Waals surface area contributed by atoms with Gasteiger partial charge in [0.15, 0.2) is 17.2 Å². The van der Waals surface area contributed by atoms with E-state index >= 15 is 0 Å². The number of aromatic nitrogens is 2. The second-order valence-corrected chi connectivity index (χ2v) is 5.48. The Morgan fingerprint density at radius 1 is 1.40 bits per heavy atom. The maximum Gasteiger partial charge on any atom is 0.275 e. The molecule has 7 heteroatoms. The van der Waals surface area contributed by atoms with Gasteiger partial charge in [0.2, 0.25) is 6.79 Å². The minimum Gasteiger partial charge on any atom is -0.454 e. The van der Waals surface area contributed by atoms with Crippen molar-refractivity contribution in [2.45, 2.75) is 13.5 Å². The standard InChI is InChI=1S/C13H13N3O3S/c1-8-12(14-15-20-8)13(17)16(2)6-9-3-4-10-11(5-9)19-7-18-10/h3-5H,6-7H2,1-2H3. The molecule has 2 aromatic rings. The van der Waals surface area contributed by atoms with Crippen molar-refractivity contribution in [1.29, 1.82) is 0 Å². The maximum absolute atomic E-state index is 12.2. The Kier molecular flexibility index (Phi) is 3.27. The molecule has 3 rings (SSSR count). The van der Waals surface area contributed by atoms with E-state index in [-0.39, 0.29) is 12.7 Å². The van der Waals surface area contributed by atoms with E-state index in [9.17, 15) is 4.79 Å². The molecule has 0 atom stereocenters. The first-order valence-corrected chi connectivity index (χ1v) is 6.85. The second-order valence-electron chi connectivity index (χ2n) is 4.53. The lowest BCUT2D eigenvalue weighted by Gasteiger charge is -2.16. The van der Waals surface area contributed by atoms with E-state index in [2.05, 4.69) is 9.59 Å². The van der Waals surface area contributed by atoms with Crippen LogP contribution in [0.3, 0.4) is 0 Å². The lowest BCUT2D eigenvalue weighted by atomic mass is 10.2. The first-order valence-electron chi connectivity index (χ1n) is 6.08. The zero-order chi connectivity index (χ0) is 14.1. The molecule has 1 amide bonds. The number of carbonyl (C=O) groups is 1. The van der Waals surface area contributed by atoms with Crippen LogP contribution in [0.2, 0.25) is 0 Å². The molecule has 0 radical (unpaired) electrons. The number of hydrogen-bond acceptors (Lipinski definition) is 6. The van der Waals surface area contributed by atoms with Crippen LogP contribution in [0.15, 0.2) is 18.2 Å². The van der Waals surface area contributed by atoms with E-state index in [0.717, 1.165) is 21.9 Å². The van der Waals surface area contributed by atoms with Crippen LogP contribution in [0.1, 0.15) is 20.9 Å². The largest absolute Gasteiger partial charge is 0.454 e. The minimum absolute atomic E-state index is 0.131. The van der Waals surface area contributed by atoms with Crippen molar-refractivity contribution in [3.8, 4) is 11.5 Å². The highest BCUT2D eigenvalue weighted by atomic mass is 32.1. The van der Waals surface area contributed by atoms with E-state index in [0.29, 0.717) is 12.2 Å². The van der Waals surface area contributed by atoms with Crippen LogP contribution in [0, 0.1) is 6.92 Å². The summed E-state index contributed by atoms with van der Waals surface area (Å²) in [5.41, 5.74) is 1.39. The summed E-state index contributed by atoms with van der Waals surface area (Å²) in [6, 6.07) is 5.66. The monoisotopic (exact) mass is 291 g/mol. The molecule has 0 spiro atoms. The summed E-state index contributed by atoms with van der Waals surface area (Å²) < 4.78 is 14.4. The number of carbonyl (C=O) groups excluding carboxylic acids is 1. The molecule has 0 unspecified atom stereocenters. The van der Waals surface area contributed by atoms with Gasteiger partial charge in [0.1, 0.15) is 0 Å². The number of amides is 1. The normalized spacial score (nSPS) is 12.5. The van der Waals surface area contributed by atoms with Gasteiger partial charge in [-0.2, -0.15) is 0 Å². The fourth-order valence-corrected chi connectivity index (χ4v) is 2.45. The number of aryl methyl sites for hydroxylation is 1. The van der Waals surface area contributed by atoms with Gasteiger partial charge >= 0.3 is 0 Å². The SMILES string of the molecule is Cc1snnc1C(=O)N(C)Cc1ccc2c(c1)OCO2. The summed E-state index contributed by atoms with van der Waals surface area (Å²) >= 11 is 1.23. The molecule has 104 valence electrons. The number of rotatable bonds is 3. The molecule has 1 aliphatic heterocycles. The first-order chi connectivity index (χ1) is 9.65. The molecule has 1 aromatic heterocycles. The summed E-state index contributed by atoms with van der Waals surface area (Å²) in [6.45, 7) is 2.57. The predicted molar refractivity (Wildman–Crippen MR) is 73.0 cm³/mol. The third-order valence-corrected chi connectivity index (χ3v) is 3.69. The van der Waals surface area contributed by atoms with Crippen molar-refractivity contribution >= 4 is 17.4 Å². The van der Waals surface area contributed by atoms with E-state index in [1.54, 1.807) is 11.9 Å². The second kappa shape index (κ2) is 5.09. The molecule has 20 heavy (non-hydrogen) atoms. The summed E-state index contributed by atoms with van der Waals surface area (Å²) in [4.78, 5) is 14.7. The molecule has 1 aromatic carbocycles. The Bertz CT molecular complexity index is 656. The van der Waals surface area contributed by atoms with Crippen molar-refractivity contribution in [2.75, 3.05) is 13.8 Å². The Labute approximate surface area is 120 Å². The van der Waals surface area contributed by atoms with Gasteiger partial charge < -0.3 is 14.4 Å². The van der Waals surface area contributed by atoms with Crippen LogP contribution in [-0.2, 0) is 6.54 Å².